The normalized spacial score (nSPS) is 19.4. The molecule has 3 heteroatoms. The van der Waals surface area contributed by atoms with E-state index >= 15 is 0 Å². The topological polar surface area (TPSA) is 21.8 Å². The molecule has 0 saturated carbocycles. The van der Waals surface area contributed by atoms with Gasteiger partial charge in [0.2, 0.25) is 0 Å². The lowest BCUT2D eigenvalue weighted by Crippen LogP contribution is -2.04. The lowest BCUT2D eigenvalue weighted by molar-refractivity contribution is 0.263. The van der Waals surface area contributed by atoms with Gasteiger partial charge >= 0.3 is 0 Å². The van der Waals surface area contributed by atoms with Crippen molar-refractivity contribution >= 4 is 11.6 Å². The molecule has 0 bridgehead atoms. The highest BCUT2D eigenvalue weighted by molar-refractivity contribution is 6.31. The summed E-state index contributed by atoms with van der Waals surface area (Å²) in [4.78, 5) is 0. The maximum atomic E-state index is 5.99. The fourth-order valence-electron chi connectivity index (χ4n) is 1.27. The number of aryl methyl sites for hydroxylation is 1. The van der Waals surface area contributed by atoms with Crippen LogP contribution in [0.1, 0.15) is 12.5 Å². The van der Waals surface area contributed by atoms with E-state index in [1.165, 1.54) is 0 Å². The molecule has 1 fully saturated rings. The summed E-state index contributed by atoms with van der Waals surface area (Å²) >= 11 is 5.99. The smallest absolute Gasteiger partial charge is 0.119 e. The van der Waals surface area contributed by atoms with Crippen LogP contribution in [0.4, 0.5) is 0 Å². The summed E-state index contributed by atoms with van der Waals surface area (Å²) in [6.45, 7) is 3.55. The van der Waals surface area contributed by atoms with Gasteiger partial charge in [0.1, 0.15) is 18.5 Å². The van der Waals surface area contributed by atoms with E-state index in [0.717, 1.165) is 29.4 Å². The summed E-state index contributed by atoms with van der Waals surface area (Å²) in [7, 11) is 0. The van der Waals surface area contributed by atoms with E-state index in [-0.39, 0.29) is 0 Å². The average molecular weight is 213 g/mol. The first-order chi connectivity index (χ1) is 6.79. The molecule has 0 aromatic heterocycles. The second kappa shape index (κ2) is 4.20. The molecule has 1 heterocycles. The second-order valence-corrected chi connectivity index (χ2v) is 3.78. The van der Waals surface area contributed by atoms with Gasteiger partial charge in [-0.1, -0.05) is 18.5 Å². The fraction of sp³-hybridized carbons (Fsp3) is 0.455. The van der Waals surface area contributed by atoms with Crippen LogP contribution < -0.4 is 4.74 Å². The number of ether oxygens (including phenoxy) is 2. The van der Waals surface area contributed by atoms with Gasteiger partial charge in [-0.25, -0.2) is 0 Å². The van der Waals surface area contributed by atoms with Crippen LogP contribution in [0.2, 0.25) is 5.02 Å². The number of rotatable bonds is 4. The van der Waals surface area contributed by atoms with Crippen LogP contribution in [-0.4, -0.2) is 19.3 Å². The summed E-state index contributed by atoms with van der Waals surface area (Å²) in [6, 6.07) is 5.76. The van der Waals surface area contributed by atoms with Gasteiger partial charge in [0.25, 0.3) is 0 Å². The minimum absolute atomic E-state index is 0.302. The maximum absolute atomic E-state index is 5.99. The van der Waals surface area contributed by atoms with Gasteiger partial charge in [-0.3, -0.25) is 0 Å². The SMILES string of the molecule is CCc1cc(OCC2CO2)ccc1Cl. The van der Waals surface area contributed by atoms with E-state index in [0.29, 0.717) is 12.7 Å². The molecule has 1 atom stereocenters. The van der Waals surface area contributed by atoms with Crippen molar-refractivity contribution in [3.05, 3.63) is 28.8 Å². The molecule has 0 radical (unpaired) electrons. The molecule has 1 aromatic rings. The van der Waals surface area contributed by atoms with Crippen LogP contribution in [0.5, 0.6) is 5.75 Å². The molecule has 14 heavy (non-hydrogen) atoms. The second-order valence-electron chi connectivity index (χ2n) is 3.37. The Bertz CT molecular complexity index is 321. The Kier molecular flexibility index (Phi) is 2.94. The number of benzene rings is 1. The van der Waals surface area contributed by atoms with E-state index in [1.54, 1.807) is 0 Å². The lowest BCUT2D eigenvalue weighted by atomic mass is 10.1. The van der Waals surface area contributed by atoms with Crippen LogP contribution >= 0.6 is 11.6 Å². The summed E-state index contributed by atoms with van der Waals surface area (Å²) in [5, 5.41) is 0.808. The first kappa shape index (κ1) is 9.81. The number of hydrogen-bond donors (Lipinski definition) is 0. The van der Waals surface area contributed by atoms with Crippen LogP contribution in [0.15, 0.2) is 18.2 Å². The zero-order valence-electron chi connectivity index (χ0n) is 8.13. The lowest BCUT2D eigenvalue weighted by Gasteiger charge is -2.07. The van der Waals surface area contributed by atoms with Gasteiger partial charge in [0.05, 0.1) is 6.61 Å². The van der Waals surface area contributed by atoms with Crippen LogP contribution in [-0.2, 0) is 11.2 Å². The van der Waals surface area contributed by atoms with E-state index in [4.69, 9.17) is 21.1 Å². The third-order valence-electron chi connectivity index (χ3n) is 2.24. The Hall–Kier alpha value is -0.730. The molecule has 0 N–H and O–H groups in total. The maximum Gasteiger partial charge on any atom is 0.119 e. The first-order valence-corrected chi connectivity index (χ1v) is 5.20. The van der Waals surface area contributed by atoms with Crippen molar-refractivity contribution in [3.8, 4) is 5.75 Å². The van der Waals surface area contributed by atoms with E-state index in [1.807, 2.05) is 18.2 Å². The summed E-state index contributed by atoms with van der Waals surface area (Å²) in [6.07, 6.45) is 1.23. The molecular formula is C11H13ClO2. The molecule has 1 aliphatic heterocycles. The Morgan fingerprint density at radius 1 is 1.57 bits per heavy atom. The van der Waals surface area contributed by atoms with Gasteiger partial charge in [-0.2, -0.15) is 0 Å². The molecule has 0 aliphatic carbocycles. The Balaban J connectivity index is 2.01. The molecule has 2 nitrogen and oxygen atoms in total. The Labute approximate surface area is 88.8 Å². The van der Waals surface area contributed by atoms with Gasteiger partial charge in [-0.15, -0.1) is 0 Å². The quantitative estimate of drug-likeness (QED) is 0.716. The van der Waals surface area contributed by atoms with Crippen molar-refractivity contribution in [1.82, 2.24) is 0 Å². The van der Waals surface area contributed by atoms with Crippen LogP contribution in [0.25, 0.3) is 0 Å². The van der Waals surface area contributed by atoms with Gasteiger partial charge in [0.15, 0.2) is 0 Å². The molecule has 1 aliphatic rings. The van der Waals surface area contributed by atoms with E-state index < -0.39 is 0 Å². The van der Waals surface area contributed by atoms with Gasteiger partial charge in [0, 0.05) is 5.02 Å². The highest BCUT2D eigenvalue weighted by Gasteiger charge is 2.23. The molecule has 0 amide bonds. The van der Waals surface area contributed by atoms with E-state index in [9.17, 15) is 0 Å². The van der Waals surface area contributed by atoms with Crippen molar-refractivity contribution in [1.29, 1.82) is 0 Å². The highest BCUT2D eigenvalue weighted by atomic mass is 35.5. The standard InChI is InChI=1S/C11H13ClO2/c1-2-8-5-9(3-4-11(8)12)13-6-10-7-14-10/h3-5,10H,2,6-7H2,1H3. The highest BCUT2D eigenvalue weighted by Crippen LogP contribution is 2.23. The summed E-state index contributed by atoms with van der Waals surface area (Å²) in [5.74, 6) is 0.877. The third-order valence-corrected chi connectivity index (χ3v) is 2.61. The van der Waals surface area contributed by atoms with Gasteiger partial charge < -0.3 is 9.47 Å². The minimum Gasteiger partial charge on any atom is -0.491 e. The van der Waals surface area contributed by atoms with Crippen molar-refractivity contribution < 1.29 is 9.47 Å². The Morgan fingerprint density at radius 3 is 3.00 bits per heavy atom. The molecule has 76 valence electrons. The average Bonchev–Trinajstić information content (AvgIpc) is 3.00. The molecule has 1 unspecified atom stereocenters. The predicted octanol–water partition coefficient (Wildman–Crippen LogP) is 2.68. The minimum atomic E-state index is 0.302. The monoisotopic (exact) mass is 212 g/mol. The number of hydrogen-bond acceptors (Lipinski definition) is 2. The Morgan fingerprint density at radius 2 is 2.36 bits per heavy atom. The molecular weight excluding hydrogens is 200 g/mol. The fourth-order valence-corrected chi connectivity index (χ4v) is 1.52. The predicted molar refractivity (Wildman–Crippen MR) is 56.1 cm³/mol. The summed E-state index contributed by atoms with van der Waals surface area (Å²) < 4.78 is 10.6. The zero-order valence-corrected chi connectivity index (χ0v) is 8.88. The van der Waals surface area contributed by atoms with Gasteiger partial charge in [-0.05, 0) is 30.2 Å². The molecule has 2 rings (SSSR count). The third kappa shape index (κ3) is 2.40. The van der Waals surface area contributed by atoms with E-state index in [2.05, 4.69) is 6.92 Å². The number of epoxide rings is 1. The van der Waals surface area contributed by atoms with Crippen molar-refractivity contribution in [2.24, 2.45) is 0 Å². The largest absolute Gasteiger partial charge is 0.491 e. The number of halogens is 1. The van der Waals surface area contributed by atoms with Crippen molar-refractivity contribution in [2.45, 2.75) is 19.4 Å². The van der Waals surface area contributed by atoms with Crippen LogP contribution in [0.3, 0.4) is 0 Å². The van der Waals surface area contributed by atoms with Crippen molar-refractivity contribution in [3.63, 3.8) is 0 Å². The van der Waals surface area contributed by atoms with Crippen LogP contribution in [0, 0.1) is 0 Å². The first-order valence-electron chi connectivity index (χ1n) is 4.82. The van der Waals surface area contributed by atoms with Crippen molar-refractivity contribution in [2.75, 3.05) is 13.2 Å². The molecule has 0 spiro atoms. The summed E-state index contributed by atoms with van der Waals surface area (Å²) in [5.41, 5.74) is 1.13. The molecule has 1 saturated heterocycles. The molecule has 1 aromatic carbocycles. The zero-order chi connectivity index (χ0) is 9.97.